The molecule has 1 atom stereocenters. The van der Waals surface area contributed by atoms with Crippen molar-refractivity contribution < 1.29 is 0 Å². The molecule has 3 nitrogen and oxygen atoms in total. The molecule has 0 aliphatic heterocycles. The minimum Gasteiger partial charge on any atom is -0.332 e. The molecule has 0 amide bonds. The normalized spacial score (nSPS) is 12.9. The molecule has 1 N–H and O–H groups in total. The average Bonchev–Trinajstić information content (AvgIpc) is 2.30. The first-order valence-corrected chi connectivity index (χ1v) is 6.27. The maximum atomic E-state index is 12.3. The van der Waals surface area contributed by atoms with E-state index in [0.717, 1.165) is 11.9 Å². The predicted octanol–water partition coefficient (Wildman–Crippen LogP) is 3.68. The largest absolute Gasteiger partial charge is 0.332 e. The Balaban J connectivity index is 2.88. The lowest BCUT2D eigenvalue weighted by Crippen LogP contribution is -2.24. The average molecular weight is 269 g/mol. The molecular formula is C12H13ClN2OS. The molecule has 2 rings (SSSR count). The van der Waals surface area contributed by atoms with Crippen LogP contribution in [0.15, 0.2) is 23.0 Å². The Bertz CT molecular complexity index is 674. The Kier molecular flexibility index (Phi) is 3.35. The van der Waals surface area contributed by atoms with Crippen LogP contribution in [-0.2, 0) is 0 Å². The van der Waals surface area contributed by atoms with Gasteiger partial charge in [0, 0.05) is 11.1 Å². The first-order valence-electron chi connectivity index (χ1n) is 5.48. The number of rotatable bonds is 2. The number of H-pyrrole nitrogens is 1. The maximum absolute atomic E-state index is 12.3. The lowest BCUT2D eigenvalue weighted by atomic mass is 10.2. The van der Waals surface area contributed by atoms with Crippen molar-refractivity contribution >= 4 is 34.7 Å². The molecule has 0 bridgehead atoms. The van der Waals surface area contributed by atoms with Crippen LogP contribution in [-0.4, -0.2) is 9.55 Å². The van der Waals surface area contributed by atoms with E-state index in [1.54, 1.807) is 22.8 Å². The molecule has 0 spiro atoms. The smallest absolute Gasteiger partial charge is 0.262 e. The fraction of sp³-hybridized carbons (Fsp3) is 0.333. The molecule has 0 saturated carbocycles. The monoisotopic (exact) mass is 268 g/mol. The zero-order valence-corrected chi connectivity index (χ0v) is 11.2. The minimum absolute atomic E-state index is 0.0784. The van der Waals surface area contributed by atoms with Crippen molar-refractivity contribution in [3.05, 3.63) is 38.3 Å². The number of nitrogens with zero attached hydrogens (tertiary/aromatic N) is 1. The fourth-order valence-corrected chi connectivity index (χ4v) is 2.33. The highest BCUT2D eigenvalue weighted by molar-refractivity contribution is 7.71. The third-order valence-corrected chi connectivity index (χ3v) is 3.46. The van der Waals surface area contributed by atoms with Crippen LogP contribution >= 0.6 is 23.8 Å². The van der Waals surface area contributed by atoms with E-state index < -0.39 is 0 Å². The van der Waals surface area contributed by atoms with Crippen LogP contribution in [0.5, 0.6) is 0 Å². The summed E-state index contributed by atoms with van der Waals surface area (Å²) in [5.41, 5.74) is 0.643. The number of hydrogen-bond donors (Lipinski definition) is 1. The number of fused-ring (bicyclic) bond motifs is 1. The lowest BCUT2D eigenvalue weighted by molar-refractivity contribution is 0.504. The van der Waals surface area contributed by atoms with Gasteiger partial charge in [-0.15, -0.1) is 0 Å². The first kappa shape index (κ1) is 12.3. The highest BCUT2D eigenvalue weighted by atomic mass is 35.5. The van der Waals surface area contributed by atoms with Gasteiger partial charge < -0.3 is 4.98 Å². The van der Waals surface area contributed by atoms with E-state index in [-0.39, 0.29) is 11.6 Å². The molecule has 0 saturated heterocycles. The molecule has 0 aliphatic carbocycles. The molecule has 90 valence electrons. The van der Waals surface area contributed by atoms with E-state index in [2.05, 4.69) is 4.98 Å². The summed E-state index contributed by atoms with van der Waals surface area (Å²) in [5.74, 6) is 0. The van der Waals surface area contributed by atoms with E-state index in [1.165, 1.54) is 0 Å². The van der Waals surface area contributed by atoms with Crippen molar-refractivity contribution in [3.63, 3.8) is 0 Å². The Hall–Kier alpha value is -1.13. The van der Waals surface area contributed by atoms with Gasteiger partial charge in [0.1, 0.15) is 0 Å². The summed E-state index contributed by atoms with van der Waals surface area (Å²) in [5, 5.41) is 1.13. The molecule has 2 aromatic rings. The Morgan fingerprint density at radius 3 is 2.88 bits per heavy atom. The molecule has 5 heteroatoms. The maximum Gasteiger partial charge on any atom is 0.262 e. The van der Waals surface area contributed by atoms with Crippen LogP contribution in [0.3, 0.4) is 0 Å². The van der Waals surface area contributed by atoms with Crippen LogP contribution in [0.1, 0.15) is 26.3 Å². The number of hydrogen-bond acceptors (Lipinski definition) is 2. The molecule has 1 aromatic heterocycles. The molecule has 0 fully saturated rings. The van der Waals surface area contributed by atoms with Gasteiger partial charge in [0.2, 0.25) is 0 Å². The number of aromatic amines is 1. The zero-order chi connectivity index (χ0) is 12.6. The standard InChI is InChI=1S/C12H13ClN2OS/c1-3-7(2)15-11(16)9-6-8(13)4-5-10(9)14-12(15)17/h4-7H,3H2,1-2H3,(H,14,17). The quantitative estimate of drug-likeness (QED) is 0.844. The van der Waals surface area contributed by atoms with E-state index in [1.807, 2.05) is 13.8 Å². The molecule has 1 aromatic carbocycles. The van der Waals surface area contributed by atoms with Crippen LogP contribution in [0.2, 0.25) is 5.02 Å². The van der Waals surface area contributed by atoms with E-state index in [4.69, 9.17) is 23.8 Å². The molecule has 0 aliphatic rings. The third-order valence-electron chi connectivity index (χ3n) is 2.92. The lowest BCUT2D eigenvalue weighted by Gasteiger charge is -2.13. The minimum atomic E-state index is -0.0828. The molecule has 1 heterocycles. The van der Waals surface area contributed by atoms with E-state index in [9.17, 15) is 4.79 Å². The number of nitrogens with one attached hydrogen (secondary N) is 1. The summed E-state index contributed by atoms with van der Waals surface area (Å²) in [6, 6.07) is 5.26. The van der Waals surface area contributed by atoms with Crippen LogP contribution in [0.25, 0.3) is 10.9 Å². The van der Waals surface area contributed by atoms with Gasteiger partial charge in [0.25, 0.3) is 5.56 Å². The van der Waals surface area contributed by atoms with E-state index in [0.29, 0.717) is 15.2 Å². The number of halogens is 1. The van der Waals surface area contributed by atoms with E-state index >= 15 is 0 Å². The van der Waals surface area contributed by atoms with Crippen molar-refractivity contribution in [2.75, 3.05) is 0 Å². The van der Waals surface area contributed by atoms with Crippen LogP contribution < -0.4 is 5.56 Å². The van der Waals surface area contributed by atoms with Crippen LogP contribution in [0, 0.1) is 4.77 Å². The van der Waals surface area contributed by atoms with Gasteiger partial charge in [-0.05, 0) is 43.8 Å². The molecule has 1 unspecified atom stereocenters. The molecule has 17 heavy (non-hydrogen) atoms. The van der Waals surface area contributed by atoms with Crippen molar-refractivity contribution in [3.8, 4) is 0 Å². The fourth-order valence-electron chi connectivity index (χ4n) is 1.78. The second-order valence-electron chi connectivity index (χ2n) is 4.05. The van der Waals surface area contributed by atoms with Crippen molar-refractivity contribution in [1.82, 2.24) is 9.55 Å². The second-order valence-corrected chi connectivity index (χ2v) is 4.88. The van der Waals surface area contributed by atoms with Gasteiger partial charge in [-0.1, -0.05) is 18.5 Å². The first-order chi connectivity index (χ1) is 8.04. The highest BCUT2D eigenvalue weighted by Crippen LogP contribution is 2.16. The Morgan fingerprint density at radius 2 is 2.24 bits per heavy atom. The summed E-state index contributed by atoms with van der Waals surface area (Å²) < 4.78 is 2.06. The van der Waals surface area contributed by atoms with Crippen molar-refractivity contribution in [1.29, 1.82) is 0 Å². The predicted molar refractivity (Wildman–Crippen MR) is 73.4 cm³/mol. The summed E-state index contributed by atoms with van der Waals surface area (Å²) >= 11 is 11.1. The second kappa shape index (κ2) is 4.63. The van der Waals surface area contributed by atoms with Gasteiger partial charge in [0.15, 0.2) is 4.77 Å². The summed E-state index contributed by atoms with van der Waals surface area (Å²) in [6.45, 7) is 4.00. The number of aromatic nitrogens is 2. The van der Waals surface area contributed by atoms with Gasteiger partial charge >= 0.3 is 0 Å². The Labute approximate surface area is 109 Å². The number of benzene rings is 1. The zero-order valence-electron chi connectivity index (χ0n) is 9.66. The summed E-state index contributed by atoms with van der Waals surface area (Å²) in [7, 11) is 0. The van der Waals surface area contributed by atoms with Gasteiger partial charge in [0.05, 0.1) is 10.9 Å². The van der Waals surface area contributed by atoms with Gasteiger partial charge in [-0.25, -0.2) is 0 Å². The summed E-state index contributed by atoms with van der Waals surface area (Å²) in [6.07, 6.45) is 0.851. The molecular weight excluding hydrogens is 256 g/mol. The SMILES string of the molecule is CCC(C)n1c(=S)[nH]c2ccc(Cl)cc2c1=O. The third kappa shape index (κ3) is 2.15. The topological polar surface area (TPSA) is 37.8 Å². The molecule has 0 radical (unpaired) electrons. The highest BCUT2D eigenvalue weighted by Gasteiger charge is 2.10. The summed E-state index contributed by atoms with van der Waals surface area (Å²) in [4.78, 5) is 15.4. The van der Waals surface area contributed by atoms with Crippen molar-refractivity contribution in [2.24, 2.45) is 0 Å². The van der Waals surface area contributed by atoms with Gasteiger partial charge in [-0.3, -0.25) is 9.36 Å². The van der Waals surface area contributed by atoms with Crippen LogP contribution in [0.4, 0.5) is 0 Å². The Morgan fingerprint density at radius 1 is 1.53 bits per heavy atom. The van der Waals surface area contributed by atoms with Crippen molar-refractivity contribution in [2.45, 2.75) is 26.3 Å². The van der Waals surface area contributed by atoms with Gasteiger partial charge in [-0.2, -0.15) is 0 Å².